The van der Waals surface area contributed by atoms with Gasteiger partial charge in [-0.2, -0.15) is 0 Å². The molecule has 2 aromatic rings. The molecule has 0 bridgehead atoms. The number of benzene rings is 1. The number of hydrogen-bond donors (Lipinski definition) is 1. The molecule has 3 rings (SSSR count). The van der Waals surface area contributed by atoms with E-state index in [1.165, 1.54) is 6.07 Å². The second-order valence-electron chi connectivity index (χ2n) is 5.20. The molecule has 0 saturated carbocycles. The molecule has 1 amide bonds. The molecule has 0 atom stereocenters. The minimum atomic E-state index is -0.112. The lowest BCUT2D eigenvalue weighted by Crippen LogP contribution is -2.48. The topological polar surface area (TPSA) is 56.4 Å². The molecule has 22 heavy (non-hydrogen) atoms. The molecule has 1 N–H and O–H groups in total. The predicted molar refractivity (Wildman–Crippen MR) is 86.6 cm³/mol. The van der Waals surface area contributed by atoms with Gasteiger partial charge in [0.2, 0.25) is 5.56 Å². The standard InChI is InChI=1S/C16H16ClN3O2/c17-13-3-1-2-12(10-13)16(22)20-8-6-19(7-9-20)14-4-5-15(21)18-11-14/h1-5,10-11H,6-9H2,(H,18,21). The van der Waals surface area contributed by atoms with Crippen LogP contribution in [-0.4, -0.2) is 42.0 Å². The summed E-state index contributed by atoms with van der Waals surface area (Å²) in [7, 11) is 0. The largest absolute Gasteiger partial charge is 0.367 e. The molecular formula is C16H16ClN3O2. The lowest BCUT2D eigenvalue weighted by Gasteiger charge is -2.36. The first-order valence-corrected chi connectivity index (χ1v) is 7.50. The second kappa shape index (κ2) is 6.23. The number of pyridine rings is 1. The quantitative estimate of drug-likeness (QED) is 0.921. The highest BCUT2D eigenvalue weighted by molar-refractivity contribution is 6.30. The van der Waals surface area contributed by atoms with E-state index in [0.29, 0.717) is 23.7 Å². The van der Waals surface area contributed by atoms with Gasteiger partial charge in [-0.15, -0.1) is 0 Å². The van der Waals surface area contributed by atoms with Crippen LogP contribution in [-0.2, 0) is 0 Å². The van der Waals surface area contributed by atoms with Gasteiger partial charge in [-0.1, -0.05) is 17.7 Å². The summed E-state index contributed by atoms with van der Waals surface area (Å²) in [6, 6.07) is 10.3. The average molecular weight is 318 g/mol. The molecule has 1 fully saturated rings. The van der Waals surface area contributed by atoms with Gasteiger partial charge in [0.25, 0.3) is 5.91 Å². The van der Waals surface area contributed by atoms with Crippen LogP contribution in [0.3, 0.4) is 0 Å². The van der Waals surface area contributed by atoms with E-state index >= 15 is 0 Å². The molecule has 114 valence electrons. The number of rotatable bonds is 2. The molecule has 2 heterocycles. The maximum absolute atomic E-state index is 12.4. The Morgan fingerprint density at radius 1 is 1.09 bits per heavy atom. The minimum Gasteiger partial charge on any atom is -0.367 e. The zero-order valence-electron chi connectivity index (χ0n) is 12.0. The Hall–Kier alpha value is -2.27. The number of carbonyl (C=O) groups excluding carboxylic acids is 1. The van der Waals surface area contributed by atoms with Crippen LogP contribution in [0.15, 0.2) is 47.4 Å². The molecular weight excluding hydrogens is 302 g/mol. The van der Waals surface area contributed by atoms with Crippen molar-refractivity contribution in [2.24, 2.45) is 0 Å². The summed E-state index contributed by atoms with van der Waals surface area (Å²) in [6.45, 7) is 2.76. The van der Waals surface area contributed by atoms with E-state index in [9.17, 15) is 9.59 Å². The first-order valence-electron chi connectivity index (χ1n) is 7.12. The van der Waals surface area contributed by atoms with Crippen LogP contribution < -0.4 is 10.5 Å². The van der Waals surface area contributed by atoms with Gasteiger partial charge in [-0.3, -0.25) is 9.59 Å². The molecule has 0 unspecified atom stereocenters. The van der Waals surface area contributed by atoms with Gasteiger partial charge in [0.1, 0.15) is 0 Å². The van der Waals surface area contributed by atoms with Gasteiger partial charge in [0.15, 0.2) is 0 Å². The van der Waals surface area contributed by atoms with Crippen molar-refractivity contribution in [3.63, 3.8) is 0 Å². The Bertz CT molecular complexity index is 716. The third-order valence-corrected chi connectivity index (χ3v) is 4.01. The van der Waals surface area contributed by atoms with Crippen molar-refractivity contribution in [2.45, 2.75) is 0 Å². The fourth-order valence-electron chi connectivity index (χ4n) is 2.57. The van der Waals surface area contributed by atoms with E-state index in [2.05, 4.69) is 9.88 Å². The number of amides is 1. The number of H-pyrrole nitrogens is 1. The summed E-state index contributed by atoms with van der Waals surface area (Å²) in [5.41, 5.74) is 1.47. The van der Waals surface area contributed by atoms with E-state index in [1.54, 1.807) is 36.5 Å². The summed E-state index contributed by atoms with van der Waals surface area (Å²) < 4.78 is 0. The Kier molecular flexibility index (Phi) is 4.15. The SMILES string of the molecule is O=C(c1cccc(Cl)c1)N1CCN(c2ccc(=O)[nH]c2)CC1. The van der Waals surface area contributed by atoms with Crippen LogP contribution in [0.2, 0.25) is 5.02 Å². The third-order valence-electron chi connectivity index (χ3n) is 3.77. The van der Waals surface area contributed by atoms with Crippen LogP contribution in [0.25, 0.3) is 0 Å². The Balaban J connectivity index is 1.65. The van der Waals surface area contributed by atoms with Crippen molar-refractivity contribution in [3.8, 4) is 0 Å². The summed E-state index contributed by atoms with van der Waals surface area (Å²) >= 11 is 5.94. The smallest absolute Gasteiger partial charge is 0.254 e. The maximum Gasteiger partial charge on any atom is 0.254 e. The van der Waals surface area contributed by atoms with E-state index in [-0.39, 0.29) is 11.5 Å². The molecule has 1 aliphatic rings. The lowest BCUT2D eigenvalue weighted by atomic mass is 10.2. The number of carbonyl (C=O) groups is 1. The highest BCUT2D eigenvalue weighted by Crippen LogP contribution is 2.17. The fourth-order valence-corrected chi connectivity index (χ4v) is 2.76. The Morgan fingerprint density at radius 2 is 1.86 bits per heavy atom. The fraction of sp³-hybridized carbons (Fsp3) is 0.250. The first-order chi connectivity index (χ1) is 10.6. The summed E-state index contributed by atoms with van der Waals surface area (Å²) in [6.07, 6.45) is 1.71. The number of aromatic amines is 1. The Morgan fingerprint density at radius 3 is 2.50 bits per heavy atom. The van der Waals surface area contributed by atoms with Crippen molar-refractivity contribution < 1.29 is 4.79 Å². The third kappa shape index (κ3) is 3.14. The molecule has 5 nitrogen and oxygen atoms in total. The van der Waals surface area contributed by atoms with Crippen molar-refractivity contribution >= 4 is 23.2 Å². The maximum atomic E-state index is 12.4. The van der Waals surface area contributed by atoms with Crippen LogP contribution in [0, 0.1) is 0 Å². The van der Waals surface area contributed by atoms with Crippen LogP contribution in [0.5, 0.6) is 0 Å². The van der Waals surface area contributed by atoms with Gasteiger partial charge in [-0.05, 0) is 24.3 Å². The number of nitrogens with one attached hydrogen (secondary N) is 1. The molecule has 0 radical (unpaired) electrons. The van der Waals surface area contributed by atoms with E-state index in [1.807, 2.05) is 4.90 Å². The molecule has 6 heteroatoms. The highest BCUT2D eigenvalue weighted by atomic mass is 35.5. The van der Waals surface area contributed by atoms with E-state index in [0.717, 1.165) is 18.8 Å². The summed E-state index contributed by atoms with van der Waals surface area (Å²) in [5.74, 6) is 0.00335. The minimum absolute atomic E-state index is 0.00335. The van der Waals surface area contributed by atoms with E-state index in [4.69, 9.17) is 11.6 Å². The highest BCUT2D eigenvalue weighted by Gasteiger charge is 2.22. The molecule has 1 aromatic heterocycles. The molecule has 1 aliphatic heterocycles. The van der Waals surface area contributed by atoms with Gasteiger partial charge in [0.05, 0.1) is 5.69 Å². The number of piperazine rings is 1. The van der Waals surface area contributed by atoms with Crippen LogP contribution in [0.4, 0.5) is 5.69 Å². The predicted octanol–water partition coefficient (Wildman–Crippen LogP) is 1.99. The lowest BCUT2D eigenvalue weighted by molar-refractivity contribution is 0.0747. The second-order valence-corrected chi connectivity index (χ2v) is 5.64. The van der Waals surface area contributed by atoms with Crippen LogP contribution in [0.1, 0.15) is 10.4 Å². The molecule has 1 saturated heterocycles. The summed E-state index contributed by atoms with van der Waals surface area (Å²) in [5, 5.41) is 0.567. The average Bonchev–Trinajstić information content (AvgIpc) is 2.55. The van der Waals surface area contributed by atoms with Gasteiger partial charge in [-0.25, -0.2) is 0 Å². The zero-order valence-corrected chi connectivity index (χ0v) is 12.7. The number of halogens is 1. The van der Waals surface area contributed by atoms with Gasteiger partial charge in [0, 0.05) is 49.0 Å². The van der Waals surface area contributed by atoms with Crippen LogP contribution >= 0.6 is 11.6 Å². The first kappa shape index (κ1) is 14.7. The van der Waals surface area contributed by atoms with E-state index < -0.39 is 0 Å². The number of hydrogen-bond acceptors (Lipinski definition) is 3. The monoisotopic (exact) mass is 317 g/mol. The number of nitrogens with zero attached hydrogens (tertiary/aromatic N) is 2. The number of aromatic nitrogens is 1. The summed E-state index contributed by atoms with van der Waals surface area (Å²) in [4.78, 5) is 30.2. The zero-order chi connectivity index (χ0) is 15.5. The molecule has 0 aliphatic carbocycles. The van der Waals surface area contributed by atoms with Gasteiger partial charge < -0.3 is 14.8 Å². The van der Waals surface area contributed by atoms with Crippen molar-refractivity contribution in [1.82, 2.24) is 9.88 Å². The van der Waals surface area contributed by atoms with Crippen molar-refractivity contribution in [1.29, 1.82) is 0 Å². The molecule has 0 spiro atoms. The van der Waals surface area contributed by atoms with Crippen molar-refractivity contribution in [3.05, 3.63) is 63.5 Å². The Labute approximate surface area is 133 Å². The number of anilines is 1. The van der Waals surface area contributed by atoms with Crippen molar-refractivity contribution in [2.75, 3.05) is 31.1 Å². The normalized spacial score (nSPS) is 15.0. The van der Waals surface area contributed by atoms with Gasteiger partial charge >= 0.3 is 0 Å². The molecule has 1 aromatic carbocycles.